The minimum atomic E-state index is -0.515. The second-order valence-corrected chi connectivity index (χ2v) is 4.73. The van der Waals surface area contributed by atoms with E-state index >= 15 is 0 Å². The summed E-state index contributed by atoms with van der Waals surface area (Å²) in [5.74, 6) is -0.871. The van der Waals surface area contributed by atoms with Crippen molar-refractivity contribution in [2.24, 2.45) is 0 Å². The van der Waals surface area contributed by atoms with Crippen LogP contribution in [-0.4, -0.2) is 15.6 Å². The first-order valence-electron chi connectivity index (χ1n) is 5.65. The summed E-state index contributed by atoms with van der Waals surface area (Å²) in [6, 6.07) is 5.96. The van der Waals surface area contributed by atoms with E-state index in [1.54, 1.807) is 23.0 Å². The Morgan fingerprint density at radius 3 is 2.83 bits per heavy atom. The number of rotatable bonds is 4. The number of hydrogen-bond donors (Lipinski definition) is 0. The fraction of sp³-hybridized carbons (Fsp3) is 0.231. The summed E-state index contributed by atoms with van der Waals surface area (Å²) in [4.78, 5) is 12.3. The molecule has 0 atom stereocenters. The van der Waals surface area contributed by atoms with Crippen LogP contribution in [-0.2, 0) is 6.54 Å². The maximum atomic E-state index is 13.6. The van der Waals surface area contributed by atoms with Crippen molar-refractivity contribution in [3.63, 3.8) is 0 Å². The third-order valence-electron chi connectivity index (χ3n) is 2.56. The maximum absolute atomic E-state index is 13.6. The molecule has 0 aliphatic heterocycles. The van der Waals surface area contributed by atoms with Crippen LogP contribution in [0.3, 0.4) is 0 Å². The molecule has 18 heavy (non-hydrogen) atoms. The van der Waals surface area contributed by atoms with Gasteiger partial charge in [0.05, 0.1) is 16.2 Å². The van der Waals surface area contributed by atoms with Crippen LogP contribution in [0.4, 0.5) is 4.39 Å². The number of hydrogen-bond acceptors (Lipinski definition) is 2. The summed E-state index contributed by atoms with van der Waals surface area (Å²) in [5, 5.41) is 4.11. The van der Waals surface area contributed by atoms with Crippen molar-refractivity contribution in [3.05, 3.63) is 52.0 Å². The molecule has 0 aliphatic carbocycles. The second-order valence-electron chi connectivity index (χ2n) is 3.87. The zero-order chi connectivity index (χ0) is 13.1. The highest BCUT2D eigenvalue weighted by molar-refractivity contribution is 9.10. The van der Waals surface area contributed by atoms with Gasteiger partial charge in [0.25, 0.3) is 0 Å². The van der Waals surface area contributed by atoms with Crippen molar-refractivity contribution < 1.29 is 9.18 Å². The topological polar surface area (TPSA) is 34.9 Å². The van der Waals surface area contributed by atoms with Crippen LogP contribution >= 0.6 is 15.9 Å². The SMILES string of the molecule is CCCn1ncc(Br)c1C(=O)c1ccccc1F. The van der Waals surface area contributed by atoms with Gasteiger partial charge in [-0.25, -0.2) is 4.39 Å². The molecule has 1 aromatic carbocycles. The van der Waals surface area contributed by atoms with Crippen LogP contribution < -0.4 is 0 Å². The molecule has 2 aromatic rings. The fourth-order valence-electron chi connectivity index (χ4n) is 1.74. The lowest BCUT2D eigenvalue weighted by Crippen LogP contribution is -2.13. The molecule has 94 valence electrons. The first-order valence-corrected chi connectivity index (χ1v) is 6.45. The molecule has 5 heteroatoms. The van der Waals surface area contributed by atoms with E-state index in [0.717, 1.165) is 6.42 Å². The molecule has 0 fully saturated rings. The van der Waals surface area contributed by atoms with Crippen LogP contribution in [0.5, 0.6) is 0 Å². The van der Waals surface area contributed by atoms with Gasteiger partial charge in [0, 0.05) is 6.54 Å². The monoisotopic (exact) mass is 310 g/mol. The zero-order valence-corrected chi connectivity index (χ0v) is 11.4. The van der Waals surface area contributed by atoms with Crippen LogP contribution in [0.15, 0.2) is 34.9 Å². The van der Waals surface area contributed by atoms with Crippen LogP contribution in [0.1, 0.15) is 29.4 Å². The van der Waals surface area contributed by atoms with Gasteiger partial charge in [-0.05, 0) is 34.5 Å². The molecule has 0 radical (unpaired) electrons. The summed E-state index contributed by atoms with van der Waals surface area (Å²) in [5.41, 5.74) is 0.456. The maximum Gasteiger partial charge on any atom is 0.215 e. The van der Waals surface area contributed by atoms with Gasteiger partial charge in [-0.3, -0.25) is 9.48 Å². The van der Waals surface area contributed by atoms with E-state index in [-0.39, 0.29) is 11.3 Å². The van der Waals surface area contributed by atoms with E-state index in [1.807, 2.05) is 6.92 Å². The molecule has 1 aromatic heterocycles. The van der Waals surface area contributed by atoms with E-state index in [2.05, 4.69) is 21.0 Å². The van der Waals surface area contributed by atoms with Crippen molar-refractivity contribution in [3.8, 4) is 0 Å². The smallest absolute Gasteiger partial charge is 0.215 e. The average molecular weight is 311 g/mol. The van der Waals surface area contributed by atoms with E-state index in [1.165, 1.54) is 12.1 Å². The van der Waals surface area contributed by atoms with Crippen molar-refractivity contribution in [2.45, 2.75) is 19.9 Å². The first-order chi connectivity index (χ1) is 8.65. The normalized spacial score (nSPS) is 10.6. The van der Waals surface area contributed by atoms with E-state index in [4.69, 9.17) is 0 Å². The Balaban J connectivity index is 2.46. The molecule has 0 saturated carbocycles. The Morgan fingerprint density at radius 1 is 1.44 bits per heavy atom. The van der Waals surface area contributed by atoms with E-state index in [9.17, 15) is 9.18 Å². The third-order valence-corrected chi connectivity index (χ3v) is 3.14. The average Bonchev–Trinajstić information content (AvgIpc) is 2.71. The molecular weight excluding hydrogens is 299 g/mol. The summed E-state index contributed by atoms with van der Waals surface area (Å²) >= 11 is 3.28. The van der Waals surface area contributed by atoms with Gasteiger partial charge in [0.15, 0.2) is 0 Å². The first kappa shape index (κ1) is 13.0. The van der Waals surface area contributed by atoms with Gasteiger partial charge in [0.1, 0.15) is 11.5 Å². The third kappa shape index (κ3) is 2.36. The van der Waals surface area contributed by atoms with Crippen molar-refractivity contribution >= 4 is 21.7 Å². The highest BCUT2D eigenvalue weighted by Gasteiger charge is 2.20. The molecule has 0 bridgehead atoms. The largest absolute Gasteiger partial charge is 0.287 e. The summed E-state index contributed by atoms with van der Waals surface area (Å²) in [6.07, 6.45) is 2.41. The van der Waals surface area contributed by atoms with Crippen LogP contribution in [0.25, 0.3) is 0 Å². The lowest BCUT2D eigenvalue weighted by atomic mass is 10.1. The number of aromatic nitrogens is 2. The summed E-state index contributed by atoms with van der Waals surface area (Å²) in [7, 11) is 0. The number of carbonyl (C=O) groups excluding carboxylic acids is 1. The van der Waals surface area contributed by atoms with Gasteiger partial charge in [-0.1, -0.05) is 19.1 Å². The van der Waals surface area contributed by atoms with Gasteiger partial charge in [0.2, 0.25) is 5.78 Å². The quantitative estimate of drug-likeness (QED) is 0.811. The van der Waals surface area contributed by atoms with Crippen molar-refractivity contribution in [1.29, 1.82) is 0 Å². The molecule has 1 heterocycles. The Labute approximate surface area is 113 Å². The number of aryl methyl sites for hydroxylation is 1. The number of ketones is 1. The molecule has 2 rings (SSSR count). The summed E-state index contributed by atoms with van der Waals surface area (Å²) in [6.45, 7) is 2.62. The Kier molecular flexibility index (Phi) is 3.91. The van der Waals surface area contributed by atoms with Crippen molar-refractivity contribution in [2.75, 3.05) is 0 Å². The predicted octanol–water partition coefficient (Wildman–Crippen LogP) is 3.43. The zero-order valence-electron chi connectivity index (χ0n) is 9.86. The van der Waals surface area contributed by atoms with Gasteiger partial charge in [-0.2, -0.15) is 5.10 Å². The molecule has 0 unspecified atom stereocenters. The van der Waals surface area contributed by atoms with Crippen LogP contribution in [0.2, 0.25) is 0 Å². The Bertz CT molecular complexity index is 580. The van der Waals surface area contributed by atoms with Crippen molar-refractivity contribution in [1.82, 2.24) is 9.78 Å². The predicted molar refractivity (Wildman–Crippen MR) is 70.1 cm³/mol. The molecule has 3 nitrogen and oxygen atoms in total. The minimum absolute atomic E-state index is 0.0658. The summed E-state index contributed by atoms with van der Waals surface area (Å²) < 4.78 is 15.8. The van der Waals surface area contributed by atoms with Gasteiger partial charge in [-0.15, -0.1) is 0 Å². The Morgan fingerprint density at radius 2 is 2.17 bits per heavy atom. The molecule has 0 N–H and O–H groups in total. The molecule has 0 saturated heterocycles. The number of nitrogens with zero attached hydrogens (tertiary/aromatic N) is 2. The Hall–Kier alpha value is -1.49. The van der Waals surface area contributed by atoms with Crippen LogP contribution in [0, 0.1) is 5.82 Å². The second kappa shape index (κ2) is 5.44. The highest BCUT2D eigenvalue weighted by Crippen LogP contribution is 2.21. The minimum Gasteiger partial charge on any atom is -0.287 e. The number of benzene rings is 1. The molecule has 0 aliphatic rings. The van der Waals surface area contributed by atoms with Gasteiger partial charge < -0.3 is 0 Å². The molecular formula is C13H12BrFN2O. The lowest BCUT2D eigenvalue weighted by molar-refractivity contribution is 0.102. The number of halogens is 2. The lowest BCUT2D eigenvalue weighted by Gasteiger charge is -2.06. The van der Waals surface area contributed by atoms with E-state index < -0.39 is 5.82 Å². The van der Waals surface area contributed by atoms with E-state index in [0.29, 0.717) is 16.7 Å². The molecule has 0 amide bonds. The number of carbonyl (C=O) groups is 1. The fourth-order valence-corrected chi connectivity index (χ4v) is 2.22. The standard InChI is InChI=1S/C13H12BrFN2O/c1-2-7-17-12(10(14)8-16-17)13(18)9-5-3-4-6-11(9)15/h3-6,8H,2,7H2,1H3. The molecule has 0 spiro atoms. The van der Waals surface area contributed by atoms with Gasteiger partial charge >= 0.3 is 0 Å². The highest BCUT2D eigenvalue weighted by atomic mass is 79.9.